The predicted molar refractivity (Wildman–Crippen MR) is 319 cm³/mol. The second-order valence-electron chi connectivity index (χ2n) is 23.9. The molecule has 0 aromatic heterocycles. The van der Waals surface area contributed by atoms with Crippen LogP contribution in [0.5, 0.6) is 0 Å². The van der Waals surface area contributed by atoms with Gasteiger partial charge in [0.1, 0.15) is 13.2 Å². The zero-order valence-corrected chi connectivity index (χ0v) is 50.8. The van der Waals surface area contributed by atoms with Crippen molar-refractivity contribution >= 4 is 13.7 Å². The highest BCUT2D eigenvalue weighted by Crippen LogP contribution is 2.43. The largest absolute Gasteiger partial charge is 0.472 e. The number of quaternary nitrogens is 1. The summed E-state index contributed by atoms with van der Waals surface area (Å²) in [6.07, 6.45) is 70.1. The number of unbranched alkanes of at least 4 members (excludes halogenated alkanes) is 46. The molecular formula is C64H130N2O6P+. The molecule has 436 valence electrons. The number of hydrogen-bond acceptors (Lipinski definition) is 5. The minimum absolute atomic E-state index is 0.0781. The van der Waals surface area contributed by atoms with E-state index >= 15 is 0 Å². The molecule has 0 rings (SSSR count). The van der Waals surface area contributed by atoms with E-state index in [2.05, 4.69) is 31.3 Å². The van der Waals surface area contributed by atoms with Crippen molar-refractivity contribution in [2.24, 2.45) is 0 Å². The highest BCUT2D eigenvalue weighted by molar-refractivity contribution is 7.47. The van der Waals surface area contributed by atoms with E-state index in [-0.39, 0.29) is 19.1 Å². The Hall–Kier alpha value is -0.760. The Morgan fingerprint density at radius 3 is 1.05 bits per heavy atom. The maximum Gasteiger partial charge on any atom is 0.472 e. The number of phosphoric ester groups is 1. The summed E-state index contributed by atoms with van der Waals surface area (Å²) >= 11 is 0. The second kappa shape index (κ2) is 56.0. The Kier molecular flexibility index (Phi) is 55.4. The highest BCUT2D eigenvalue weighted by atomic mass is 31.2. The second-order valence-corrected chi connectivity index (χ2v) is 25.3. The molecule has 0 spiro atoms. The van der Waals surface area contributed by atoms with Crippen molar-refractivity contribution < 1.29 is 32.9 Å². The van der Waals surface area contributed by atoms with Crippen molar-refractivity contribution in [3.05, 3.63) is 12.2 Å². The third-order valence-electron chi connectivity index (χ3n) is 15.3. The van der Waals surface area contributed by atoms with Gasteiger partial charge in [0.05, 0.1) is 39.9 Å². The average Bonchev–Trinajstić information content (AvgIpc) is 3.35. The fraction of sp³-hybridized carbons (Fsp3) is 0.953. The van der Waals surface area contributed by atoms with Crippen molar-refractivity contribution in [3.63, 3.8) is 0 Å². The molecule has 8 nitrogen and oxygen atoms in total. The molecule has 0 aliphatic rings. The number of carbonyl (C=O) groups excluding carboxylic acids is 1. The summed E-state index contributed by atoms with van der Waals surface area (Å²) in [6.45, 7) is 4.95. The first-order valence-corrected chi connectivity index (χ1v) is 34.0. The van der Waals surface area contributed by atoms with Gasteiger partial charge in [-0.2, -0.15) is 0 Å². The third-order valence-corrected chi connectivity index (χ3v) is 16.2. The molecule has 9 heteroatoms. The van der Waals surface area contributed by atoms with Crippen LogP contribution < -0.4 is 5.32 Å². The van der Waals surface area contributed by atoms with E-state index in [1.165, 1.54) is 276 Å². The zero-order valence-electron chi connectivity index (χ0n) is 49.9. The van der Waals surface area contributed by atoms with Gasteiger partial charge in [-0.05, 0) is 38.5 Å². The number of rotatable bonds is 61. The average molecular weight is 1050 g/mol. The van der Waals surface area contributed by atoms with E-state index in [9.17, 15) is 19.4 Å². The molecule has 0 saturated carbocycles. The number of nitrogens with zero attached hydrogens (tertiary/aromatic N) is 1. The van der Waals surface area contributed by atoms with Crippen LogP contribution in [0.25, 0.3) is 0 Å². The Morgan fingerprint density at radius 2 is 0.740 bits per heavy atom. The van der Waals surface area contributed by atoms with Gasteiger partial charge in [0.15, 0.2) is 0 Å². The maximum atomic E-state index is 13.0. The van der Waals surface area contributed by atoms with Crippen LogP contribution in [0.3, 0.4) is 0 Å². The molecule has 0 aromatic carbocycles. The van der Waals surface area contributed by atoms with Gasteiger partial charge in [-0.25, -0.2) is 4.57 Å². The maximum absolute atomic E-state index is 13.0. The number of allylic oxidation sites excluding steroid dienone is 2. The highest BCUT2D eigenvalue weighted by Gasteiger charge is 2.28. The number of aliphatic hydroxyl groups excluding tert-OH is 1. The van der Waals surface area contributed by atoms with Crippen molar-refractivity contribution in [1.29, 1.82) is 0 Å². The zero-order chi connectivity index (χ0) is 53.5. The van der Waals surface area contributed by atoms with Crippen LogP contribution in [0.15, 0.2) is 12.2 Å². The first-order chi connectivity index (χ1) is 35.5. The van der Waals surface area contributed by atoms with Crippen molar-refractivity contribution in [2.45, 2.75) is 353 Å². The van der Waals surface area contributed by atoms with Crippen molar-refractivity contribution in [3.8, 4) is 0 Å². The summed E-state index contributed by atoms with van der Waals surface area (Å²) in [4.78, 5) is 23.4. The van der Waals surface area contributed by atoms with Crippen LogP contribution >= 0.6 is 7.82 Å². The lowest BCUT2D eigenvalue weighted by atomic mass is 10.0. The van der Waals surface area contributed by atoms with E-state index in [4.69, 9.17) is 9.05 Å². The Balaban J connectivity index is 4.04. The number of hydrogen-bond donors (Lipinski definition) is 3. The lowest BCUT2D eigenvalue weighted by molar-refractivity contribution is -0.870. The van der Waals surface area contributed by atoms with Gasteiger partial charge in [0.25, 0.3) is 0 Å². The molecule has 0 saturated heterocycles. The van der Waals surface area contributed by atoms with Crippen LogP contribution in [-0.4, -0.2) is 73.4 Å². The summed E-state index contributed by atoms with van der Waals surface area (Å²) in [5.74, 6) is -0.136. The Bertz CT molecular complexity index is 1200. The van der Waals surface area contributed by atoms with E-state index < -0.39 is 20.0 Å². The van der Waals surface area contributed by atoms with Gasteiger partial charge in [-0.3, -0.25) is 13.8 Å². The number of nitrogens with one attached hydrogen (secondary N) is 1. The molecule has 0 heterocycles. The molecule has 3 unspecified atom stereocenters. The lowest BCUT2D eigenvalue weighted by Crippen LogP contribution is -2.46. The fourth-order valence-corrected chi connectivity index (χ4v) is 10.9. The van der Waals surface area contributed by atoms with E-state index in [1.807, 2.05) is 21.1 Å². The topological polar surface area (TPSA) is 105 Å². The van der Waals surface area contributed by atoms with Crippen LogP contribution in [-0.2, 0) is 18.4 Å². The molecular weight excluding hydrogens is 924 g/mol. The van der Waals surface area contributed by atoms with E-state index in [1.54, 1.807) is 0 Å². The molecule has 0 bridgehead atoms. The predicted octanol–water partition coefficient (Wildman–Crippen LogP) is 20.2. The van der Waals surface area contributed by atoms with Gasteiger partial charge in [-0.1, -0.05) is 309 Å². The fourth-order valence-electron chi connectivity index (χ4n) is 10.2. The van der Waals surface area contributed by atoms with Crippen molar-refractivity contribution in [2.75, 3.05) is 40.9 Å². The molecule has 0 radical (unpaired) electrons. The molecule has 0 aliphatic heterocycles. The molecule has 0 aromatic rings. The van der Waals surface area contributed by atoms with Crippen LogP contribution in [0.4, 0.5) is 0 Å². The van der Waals surface area contributed by atoms with Gasteiger partial charge < -0.3 is 19.8 Å². The SMILES string of the molecule is CCCCCCCCCC/C=C\CCCCCCCCCCCCCCCCCCCC(=O)NC(COP(=O)(O)OCC[N+](C)(C)C)C(O)CCCCCCCCCCCCCCCCCCCCCCCC. The molecule has 1 amide bonds. The number of aliphatic hydroxyl groups is 1. The monoisotopic (exact) mass is 1050 g/mol. The van der Waals surface area contributed by atoms with Gasteiger partial charge >= 0.3 is 7.82 Å². The molecule has 0 fully saturated rings. The summed E-state index contributed by atoms with van der Waals surface area (Å²) in [5, 5.41) is 14.1. The first kappa shape index (κ1) is 72.2. The van der Waals surface area contributed by atoms with Gasteiger partial charge in [0, 0.05) is 6.42 Å². The summed E-state index contributed by atoms with van der Waals surface area (Å²) < 4.78 is 23.9. The number of phosphoric acid groups is 1. The van der Waals surface area contributed by atoms with E-state index in [0.717, 1.165) is 38.5 Å². The normalized spacial score (nSPS) is 13.8. The van der Waals surface area contributed by atoms with Gasteiger partial charge in [-0.15, -0.1) is 0 Å². The minimum Gasteiger partial charge on any atom is -0.391 e. The first-order valence-electron chi connectivity index (χ1n) is 32.6. The quantitative estimate of drug-likeness (QED) is 0.0243. The molecule has 3 N–H and O–H groups in total. The summed E-state index contributed by atoms with van der Waals surface area (Å²) in [6, 6.07) is -0.758. The molecule has 73 heavy (non-hydrogen) atoms. The smallest absolute Gasteiger partial charge is 0.391 e. The van der Waals surface area contributed by atoms with Crippen molar-refractivity contribution in [1.82, 2.24) is 5.32 Å². The Labute approximate surface area is 456 Å². The van der Waals surface area contributed by atoms with Crippen LogP contribution in [0.1, 0.15) is 341 Å². The Morgan fingerprint density at radius 1 is 0.452 bits per heavy atom. The van der Waals surface area contributed by atoms with E-state index in [0.29, 0.717) is 23.9 Å². The van der Waals surface area contributed by atoms with Crippen LogP contribution in [0, 0.1) is 0 Å². The summed E-state index contributed by atoms with van der Waals surface area (Å²) in [5.41, 5.74) is 0. The number of amides is 1. The van der Waals surface area contributed by atoms with Crippen LogP contribution in [0.2, 0.25) is 0 Å². The minimum atomic E-state index is -4.32. The number of carbonyl (C=O) groups is 1. The van der Waals surface area contributed by atoms with Gasteiger partial charge in [0.2, 0.25) is 5.91 Å². The molecule has 0 aliphatic carbocycles. The third kappa shape index (κ3) is 58.8. The summed E-state index contributed by atoms with van der Waals surface area (Å²) in [7, 11) is 1.64. The standard InChI is InChI=1S/C64H129N2O6P/c1-6-8-10-12-14-16-18-20-22-24-26-28-30-31-32-33-34-35-36-38-40-42-44-46-48-50-52-54-56-58-64(68)65-62(61-72-73(69,70)71-60-59-66(3,4)5)63(67)57-55-53-51-49-47-45-43-41-39-37-29-27-25-23-21-19-17-15-13-11-9-7-2/h24,26,62-63,67H,6-23,25,27-61H2,1-5H3,(H-,65,68,69,70)/p+1/b26-24-. The lowest BCUT2D eigenvalue weighted by Gasteiger charge is -2.26. The molecule has 3 atom stereocenters. The number of likely N-dealkylation sites (N-methyl/N-ethyl adjacent to an activating group) is 1.